The Morgan fingerprint density at radius 2 is 2.15 bits per heavy atom. The highest BCUT2D eigenvalue weighted by Crippen LogP contribution is 2.28. The van der Waals surface area contributed by atoms with E-state index in [0.717, 1.165) is 12.8 Å². The fourth-order valence-corrected chi connectivity index (χ4v) is 3.33. The van der Waals surface area contributed by atoms with Gasteiger partial charge in [0.2, 0.25) is 10.0 Å². The first kappa shape index (κ1) is 15.1. The van der Waals surface area contributed by atoms with Crippen molar-refractivity contribution < 1.29 is 22.6 Å². The van der Waals surface area contributed by atoms with E-state index in [1.165, 1.54) is 20.3 Å². The molecule has 6 nitrogen and oxygen atoms in total. The molecule has 1 aliphatic heterocycles. The molecule has 0 amide bonds. The third kappa shape index (κ3) is 3.41. The van der Waals surface area contributed by atoms with Crippen molar-refractivity contribution in [3.63, 3.8) is 0 Å². The molecule has 0 aromatic heterocycles. The average Bonchev–Trinajstić information content (AvgIpc) is 2.98. The molecule has 0 radical (unpaired) electrons. The van der Waals surface area contributed by atoms with Crippen molar-refractivity contribution in [1.82, 2.24) is 4.72 Å². The Morgan fingerprint density at radius 1 is 1.35 bits per heavy atom. The molecule has 1 heterocycles. The van der Waals surface area contributed by atoms with Crippen molar-refractivity contribution >= 4 is 10.0 Å². The van der Waals surface area contributed by atoms with Gasteiger partial charge in [0.1, 0.15) is 16.4 Å². The number of hydrogen-bond donors (Lipinski definition) is 1. The van der Waals surface area contributed by atoms with E-state index in [9.17, 15) is 8.42 Å². The third-order valence-corrected chi connectivity index (χ3v) is 4.63. The lowest BCUT2D eigenvalue weighted by Crippen LogP contribution is -2.32. The molecule has 1 atom stereocenters. The van der Waals surface area contributed by atoms with Crippen LogP contribution in [0.25, 0.3) is 0 Å². The van der Waals surface area contributed by atoms with Crippen LogP contribution in [0.2, 0.25) is 0 Å². The molecular formula is C13H19NO5S. The number of methoxy groups -OCH3 is 2. The molecule has 1 saturated heterocycles. The van der Waals surface area contributed by atoms with Gasteiger partial charge in [-0.05, 0) is 25.0 Å². The molecule has 0 aliphatic carbocycles. The van der Waals surface area contributed by atoms with Crippen LogP contribution < -0.4 is 14.2 Å². The average molecular weight is 301 g/mol. The van der Waals surface area contributed by atoms with Crippen LogP contribution in [-0.4, -0.2) is 41.9 Å². The summed E-state index contributed by atoms with van der Waals surface area (Å²) in [6, 6.07) is 4.66. The van der Waals surface area contributed by atoms with Crippen molar-refractivity contribution in [2.75, 3.05) is 27.4 Å². The van der Waals surface area contributed by atoms with E-state index in [0.29, 0.717) is 12.4 Å². The second-order valence-corrected chi connectivity index (χ2v) is 6.24. The molecule has 1 fully saturated rings. The number of ether oxygens (including phenoxy) is 3. The summed E-state index contributed by atoms with van der Waals surface area (Å²) in [5.41, 5.74) is 0. The van der Waals surface area contributed by atoms with Crippen LogP contribution in [0, 0.1) is 0 Å². The highest BCUT2D eigenvalue weighted by molar-refractivity contribution is 7.89. The Hall–Kier alpha value is -1.31. The lowest BCUT2D eigenvalue weighted by atomic mass is 10.2. The van der Waals surface area contributed by atoms with Crippen LogP contribution >= 0.6 is 0 Å². The van der Waals surface area contributed by atoms with Gasteiger partial charge in [0.15, 0.2) is 0 Å². The molecule has 0 bridgehead atoms. The number of benzene rings is 1. The Kier molecular flexibility index (Phi) is 4.85. The molecule has 112 valence electrons. The molecule has 1 N–H and O–H groups in total. The minimum Gasteiger partial charge on any atom is -0.497 e. The maximum atomic E-state index is 12.3. The standard InChI is InChI=1S/C13H19NO5S/c1-17-10-5-6-12(18-2)13(8-10)20(15,16)14-9-11-4-3-7-19-11/h5-6,8,11,14H,3-4,7,9H2,1-2H3/t11-/m0/s1. The van der Waals surface area contributed by atoms with Crippen LogP contribution in [0.5, 0.6) is 11.5 Å². The maximum absolute atomic E-state index is 12.3. The van der Waals surface area contributed by atoms with E-state index < -0.39 is 10.0 Å². The summed E-state index contributed by atoms with van der Waals surface area (Å²) in [6.45, 7) is 0.956. The van der Waals surface area contributed by atoms with Gasteiger partial charge in [0.05, 0.1) is 20.3 Å². The zero-order valence-corrected chi connectivity index (χ0v) is 12.4. The van der Waals surface area contributed by atoms with Gasteiger partial charge >= 0.3 is 0 Å². The predicted octanol–water partition coefficient (Wildman–Crippen LogP) is 1.16. The molecule has 7 heteroatoms. The van der Waals surface area contributed by atoms with Gasteiger partial charge in [-0.25, -0.2) is 13.1 Å². The lowest BCUT2D eigenvalue weighted by molar-refractivity contribution is 0.114. The summed E-state index contributed by atoms with van der Waals surface area (Å²) >= 11 is 0. The maximum Gasteiger partial charge on any atom is 0.244 e. The first-order chi connectivity index (χ1) is 9.56. The number of sulfonamides is 1. The molecule has 0 spiro atoms. The van der Waals surface area contributed by atoms with Gasteiger partial charge in [-0.1, -0.05) is 0 Å². The van der Waals surface area contributed by atoms with Gasteiger partial charge < -0.3 is 14.2 Å². The van der Waals surface area contributed by atoms with Gasteiger partial charge in [-0.2, -0.15) is 0 Å². The normalized spacial score (nSPS) is 19.0. The first-order valence-corrected chi connectivity index (χ1v) is 7.88. The quantitative estimate of drug-likeness (QED) is 0.853. The van der Waals surface area contributed by atoms with Gasteiger partial charge in [0.25, 0.3) is 0 Å². The topological polar surface area (TPSA) is 73.9 Å². The fourth-order valence-electron chi connectivity index (χ4n) is 2.08. The highest BCUT2D eigenvalue weighted by atomic mass is 32.2. The second kappa shape index (κ2) is 6.43. The summed E-state index contributed by atoms with van der Waals surface area (Å²) in [4.78, 5) is 0.0670. The molecule has 1 aromatic carbocycles. The van der Waals surface area contributed by atoms with Crippen molar-refractivity contribution in [2.24, 2.45) is 0 Å². The van der Waals surface area contributed by atoms with Crippen molar-refractivity contribution in [3.8, 4) is 11.5 Å². The monoisotopic (exact) mass is 301 g/mol. The van der Waals surface area contributed by atoms with Gasteiger partial charge in [-0.15, -0.1) is 0 Å². The largest absolute Gasteiger partial charge is 0.497 e. The van der Waals surface area contributed by atoms with Crippen LogP contribution in [0.15, 0.2) is 23.1 Å². The summed E-state index contributed by atoms with van der Waals surface area (Å²) in [6.07, 6.45) is 1.79. The Morgan fingerprint density at radius 3 is 2.75 bits per heavy atom. The molecule has 20 heavy (non-hydrogen) atoms. The number of hydrogen-bond acceptors (Lipinski definition) is 5. The molecule has 1 aromatic rings. The van der Waals surface area contributed by atoms with Gasteiger partial charge in [-0.3, -0.25) is 0 Å². The van der Waals surface area contributed by atoms with E-state index in [-0.39, 0.29) is 23.3 Å². The minimum absolute atomic E-state index is 0.0543. The zero-order valence-electron chi connectivity index (χ0n) is 11.6. The van der Waals surface area contributed by atoms with E-state index in [2.05, 4.69) is 4.72 Å². The molecule has 0 unspecified atom stereocenters. The van der Waals surface area contributed by atoms with E-state index >= 15 is 0 Å². The Labute approximate surface area is 119 Å². The molecule has 0 saturated carbocycles. The summed E-state index contributed by atoms with van der Waals surface area (Å²) in [7, 11) is -0.743. The Balaban J connectivity index is 2.18. The summed E-state index contributed by atoms with van der Waals surface area (Å²) in [5, 5.41) is 0. The first-order valence-electron chi connectivity index (χ1n) is 6.40. The van der Waals surface area contributed by atoms with E-state index in [1.807, 2.05) is 0 Å². The van der Waals surface area contributed by atoms with Crippen LogP contribution in [0.3, 0.4) is 0 Å². The van der Waals surface area contributed by atoms with E-state index in [4.69, 9.17) is 14.2 Å². The summed E-state index contributed by atoms with van der Waals surface area (Å²) < 4.78 is 42.8. The molecular weight excluding hydrogens is 282 g/mol. The lowest BCUT2D eigenvalue weighted by Gasteiger charge is -2.14. The number of nitrogens with one attached hydrogen (secondary N) is 1. The SMILES string of the molecule is COc1ccc(OC)c(S(=O)(=O)NC[C@@H]2CCCO2)c1. The van der Waals surface area contributed by atoms with Gasteiger partial charge in [0, 0.05) is 19.2 Å². The Bertz CT molecular complexity index is 552. The third-order valence-electron chi connectivity index (χ3n) is 3.19. The smallest absolute Gasteiger partial charge is 0.244 e. The number of rotatable bonds is 6. The van der Waals surface area contributed by atoms with Crippen LogP contribution in [-0.2, 0) is 14.8 Å². The van der Waals surface area contributed by atoms with E-state index in [1.54, 1.807) is 12.1 Å². The van der Waals surface area contributed by atoms with Crippen molar-refractivity contribution in [2.45, 2.75) is 23.8 Å². The van der Waals surface area contributed by atoms with Crippen LogP contribution in [0.1, 0.15) is 12.8 Å². The second-order valence-electron chi connectivity index (χ2n) is 4.50. The predicted molar refractivity (Wildman–Crippen MR) is 73.7 cm³/mol. The van der Waals surface area contributed by atoms with Crippen LogP contribution in [0.4, 0.5) is 0 Å². The fraction of sp³-hybridized carbons (Fsp3) is 0.538. The molecule has 1 aliphatic rings. The summed E-state index contributed by atoms with van der Waals surface area (Å²) in [5.74, 6) is 0.744. The minimum atomic E-state index is -3.66. The zero-order chi connectivity index (χ0) is 14.6. The van der Waals surface area contributed by atoms with Crippen molar-refractivity contribution in [1.29, 1.82) is 0 Å². The highest BCUT2D eigenvalue weighted by Gasteiger charge is 2.23. The van der Waals surface area contributed by atoms with Crippen molar-refractivity contribution in [3.05, 3.63) is 18.2 Å². The molecule has 2 rings (SSSR count).